The Morgan fingerprint density at radius 1 is 1.26 bits per heavy atom. The SMILES string of the molecule is CC(C)c1ccc(CN(CCO)C(=O)C(Cl)Cl)cc1. The molecule has 0 aliphatic carbocycles. The number of aliphatic hydroxyl groups is 1. The lowest BCUT2D eigenvalue weighted by atomic mass is 10.0. The first-order valence-corrected chi connectivity index (χ1v) is 7.09. The third-order valence-corrected chi connectivity index (χ3v) is 3.26. The smallest absolute Gasteiger partial charge is 0.256 e. The average Bonchev–Trinajstić information content (AvgIpc) is 2.37. The Hall–Kier alpha value is -0.770. The summed E-state index contributed by atoms with van der Waals surface area (Å²) in [5.41, 5.74) is 2.23. The lowest BCUT2D eigenvalue weighted by molar-refractivity contribution is -0.130. The maximum atomic E-state index is 11.8. The van der Waals surface area contributed by atoms with Gasteiger partial charge in [0.05, 0.1) is 6.61 Å². The number of carbonyl (C=O) groups is 1. The molecular weight excluding hydrogens is 285 g/mol. The van der Waals surface area contributed by atoms with Gasteiger partial charge in [0.15, 0.2) is 4.84 Å². The Bertz CT molecular complexity index is 404. The summed E-state index contributed by atoms with van der Waals surface area (Å²) in [6, 6.07) is 8.04. The van der Waals surface area contributed by atoms with Gasteiger partial charge in [-0.3, -0.25) is 4.79 Å². The molecule has 5 heteroatoms. The van der Waals surface area contributed by atoms with Crippen molar-refractivity contribution in [2.75, 3.05) is 13.2 Å². The Morgan fingerprint density at radius 3 is 2.26 bits per heavy atom. The molecule has 1 aromatic carbocycles. The van der Waals surface area contributed by atoms with Crippen LogP contribution in [0.5, 0.6) is 0 Å². The monoisotopic (exact) mass is 303 g/mol. The average molecular weight is 304 g/mol. The van der Waals surface area contributed by atoms with Crippen LogP contribution in [0, 0.1) is 0 Å². The van der Waals surface area contributed by atoms with E-state index < -0.39 is 4.84 Å². The van der Waals surface area contributed by atoms with Crippen molar-refractivity contribution in [1.29, 1.82) is 0 Å². The number of alkyl halides is 2. The van der Waals surface area contributed by atoms with Crippen LogP contribution in [-0.4, -0.2) is 33.9 Å². The first kappa shape index (κ1) is 16.3. The van der Waals surface area contributed by atoms with Crippen molar-refractivity contribution in [3.63, 3.8) is 0 Å². The number of benzene rings is 1. The van der Waals surface area contributed by atoms with E-state index in [0.717, 1.165) is 5.56 Å². The minimum Gasteiger partial charge on any atom is -0.395 e. The second-order valence-corrected chi connectivity index (χ2v) is 5.78. The summed E-state index contributed by atoms with van der Waals surface area (Å²) in [6.07, 6.45) is 0. The predicted octanol–water partition coefficient (Wildman–Crippen LogP) is 2.93. The molecule has 0 aliphatic heterocycles. The van der Waals surface area contributed by atoms with E-state index in [1.54, 1.807) is 0 Å². The molecule has 1 aromatic rings. The molecule has 0 spiro atoms. The molecule has 3 nitrogen and oxygen atoms in total. The highest BCUT2D eigenvalue weighted by molar-refractivity contribution is 6.53. The van der Waals surface area contributed by atoms with E-state index in [-0.39, 0.29) is 19.1 Å². The molecule has 1 N–H and O–H groups in total. The van der Waals surface area contributed by atoms with E-state index in [0.29, 0.717) is 12.5 Å². The minimum atomic E-state index is -1.10. The fourth-order valence-corrected chi connectivity index (χ4v) is 2.03. The molecule has 0 heterocycles. The van der Waals surface area contributed by atoms with Gasteiger partial charge in [-0.1, -0.05) is 61.3 Å². The van der Waals surface area contributed by atoms with Crippen molar-refractivity contribution in [3.05, 3.63) is 35.4 Å². The van der Waals surface area contributed by atoms with Crippen LogP contribution in [-0.2, 0) is 11.3 Å². The Balaban J connectivity index is 2.76. The standard InChI is InChI=1S/C14H19Cl2NO2/c1-10(2)12-5-3-11(4-6-12)9-17(7-8-18)14(19)13(15)16/h3-6,10,13,18H,7-9H2,1-2H3. The van der Waals surface area contributed by atoms with Gasteiger partial charge in [-0.2, -0.15) is 0 Å². The normalized spacial score (nSPS) is 11.1. The van der Waals surface area contributed by atoms with Gasteiger partial charge in [0.1, 0.15) is 0 Å². The van der Waals surface area contributed by atoms with Crippen LogP contribution in [0.4, 0.5) is 0 Å². The van der Waals surface area contributed by atoms with Crippen molar-refractivity contribution < 1.29 is 9.90 Å². The lowest BCUT2D eigenvalue weighted by Gasteiger charge is -2.22. The Kier molecular flexibility index (Phi) is 6.63. The molecule has 0 fully saturated rings. The molecule has 1 amide bonds. The maximum absolute atomic E-state index is 11.8. The first-order chi connectivity index (χ1) is 8.95. The summed E-state index contributed by atoms with van der Waals surface area (Å²) < 4.78 is 0. The van der Waals surface area contributed by atoms with E-state index >= 15 is 0 Å². The summed E-state index contributed by atoms with van der Waals surface area (Å²) in [4.78, 5) is 12.1. The number of nitrogens with zero attached hydrogens (tertiary/aromatic N) is 1. The van der Waals surface area contributed by atoms with Crippen molar-refractivity contribution >= 4 is 29.1 Å². The molecule has 0 radical (unpaired) electrons. The van der Waals surface area contributed by atoms with Crippen LogP contribution < -0.4 is 0 Å². The third-order valence-electron chi connectivity index (χ3n) is 2.89. The van der Waals surface area contributed by atoms with Gasteiger partial charge in [0, 0.05) is 13.1 Å². The fraction of sp³-hybridized carbons (Fsp3) is 0.500. The molecule has 0 saturated heterocycles. The largest absolute Gasteiger partial charge is 0.395 e. The van der Waals surface area contributed by atoms with Gasteiger partial charge in [0.25, 0.3) is 5.91 Å². The van der Waals surface area contributed by atoms with Crippen LogP contribution in [0.1, 0.15) is 30.9 Å². The predicted molar refractivity (Wildman–Crippen MR) is 78.5 cm³/mol. The molecule has 1 rings (SSSR count). The Morgan fingerprint density at radius 2 is 1.84 bits per heavy atom. The van der Waals surface area contributed by atoms with Crippen molar-refractivity contribution in [1.82, 2.24) is 4.90 Å². The zero-order valence-electron chi connectivity index (χ0n) is 11.1. The summed E-state index contributed by atoms with van der Waals surface area (Å²) in [5, 5.41) is 8.98. The van der Waals surface area contributed by atoms with Gasteiger partial charge < -0.3 is 10.0 Å². The van der Waals surface area contributed by atoms with Crippen LogP contribution in [0.15, 0.2) is 24.3 Å². The number of rotatable bonds is 6. The molecule has 0 unspecified atom stereocenters. The minimum absolute atomic E-state index is 0.115. The van der Waals surface area contributed by atoms with E-state index in [1.165, 1.54) is 10.5 Å². The van der Waals surface area contributed by atoms with Crippen LogP contribution in [0.2, 0.25) is 0 Å². The topological polar surface area (TPSA) is 40.5 Å². The van der Waals surface area contributed by atoms with Gasteiger partial charge in [0.2, 0.25) is 0 Å². The summed E-state index contributed by atoms with van der Waals surface area (Å²) in [6.45, 7) is 4.76. The number of halogens is 2. The molecule has 0 aromatic heterocycles. The fourth-order valence-electron chi connectivity index (χ4n) is 1.75. The summed E-state index contributed by atoms with van der Waals surface area (Å²) >= 11 is 11.2. The van der Waals surface area contributed by atoms with Gasteiger partial charge in [-0.05, 0) is 17.0 Å². The molecule has 0 bridgehead atoms. The summed E-state index contributed by atoms with van der Waals surface area (Å²) in [7, 11) is 0. The van der Waals surface area contributed by atoms with Gasteiger partial charge in [-0.15, -0.1) is 0 Å². The van der Waals surface area contributed by atoms with Crippen molar-refractivity contribution in [3.8, 4) is 0 Å². The highest BCUT2D eigenvalue weighted by Gasteiger charge is 2.19. The first-order valence-electron chi connectivity index (χ1n) is 6.22. The zero-order valence-corrected chi connectivity index (χ0v) is 12.7. The van der Waals surface area contributed by atoms with E-state index in [4.69, 9.17) is 28.3 Å². The van der Waals surface area contributed by atoms with Crippen molar-refractivity contribution in [2.24, 2.45) is 0 Å². The van der Waals surface area contributed by atoms with Gasteiger partial charge in [-0.25, -0.2) is 0 Å². The number of hydrogen-bond acceptors (Lipinski definition) is 2. The second-order valence-electron chi connectivity index (χ2n) is 4.68. The molecule has 0 saturated carbocycles. The number of aliphatic hydroxyl groups excluding tert-OH is 1. The molecule has 0 atom stereocenters. The molecule has 0 aliphatic rings. The number of hydrogen-bond donors (Lipinski definition) is 1. The summed E-state index contributed by atoms with van der Waals surface area (Å²) in [5.74, 6) is 0.0876. The lowest BCUT2D eigenvalue weighted by Crippen LogP contribution is -2.36. The van der Waals surface area contributed by atoms with Crippen LogP contribution in [0.25, 0.3) is 0 Å². The molecular formula is C14H19Cl2NO2. The number of amides is 1. The Labute approximate surface area is 124 Å². The van der Waals surface area contributed by atoms with Gasteiger partial charge >= 0.3 is 0 Å². The van der Waals surface area contributed by atoms with Crippen molar-refractivity contribution in [2.45, 2.75) is 31.1 Å². The quantitative estimate of drug-likeness (QED) is 0.821. The van der Waals surface area contributed by atoms with Crippen LogP contribution >= 0.6 is 23.2 Å². The highest BCUT2D eigenvalue weighted by Crippen LogP contribution is 2.16. The maximum Gasteiger partial charge on any atom is 0.256 e. The third kappa shape index (κ3) is 5.01. The molecule has 106 valence electrons. The zero-order chi connectivity index (χ0) is 14.4. The van der Waals surface area contributed by atoms with E-state index in [9.17, 15) is 4.79 Å². The number of carbonyl (C=O) groups excluding carboxylic acids is 1. The molecule has 19 heavy (non-hydrogen) atoms. The second kappa shape index (κ2) is 7.73. The van der Waals surface area contributed by atoms with Crippen LogP contribution in [0.3, 0.4) is 0 Å². The van der Waals surface area contributed by atoms with E-state index in [2.05, 4.69) is 13.8 Å². The van der Waals surface area contributed by atoms with E-state index in [1.807, 2.05) is 24.3 Å². The highest BCUT2D eigenvalue weighted by atomic mass is 35.5.